The normalized spacial score (nSPS) is 16.6. The second-order valence-corrected chi connectivity index (χ2v) is 4.70. The van der Waals surface area contributed by atoms with E-state index in [0.717, 1.165) is 18.4 Å². The first-order valence-corrected chi connectivity index (χ1v) is 6.06. The molecule has 1 atom stereocenters. The lowest BCUT2D eigenvalue weighted by atomic mass is 9.91. The number of nitrogens with zero attached hydrogens (tertiary/aromatic N) is 3. The summed E-state index contributed by atoms with van der Waals surface area (Å²) in [6.45, 7) is 0. The summed E-state index contributed by atoms with van der Waals surface area (Å²) >= 11 is 0. The third-order valence-electron chi connectivity index (χ3n) is 3.56. The SMILES string of the molecule is CNC(C(=O)N(C)C1CCC1)c1cnn(C)c1.Cl. The van der Waals surface area contributed by atoms with Crippen molar-refractivity contribution >= 4 is 18.3 Å². The predicted octanol–water partition coefficient (Wildman–Crippen LogP) is 1.11. The topological polar surface area (TPSA) is 50.2 Å². The Morgan fingerprint density at radius 3 is 2.67 bits per heavy atom. The molecule has 1 saturated carbocycles. The molecule has 6 heteroatoms. The fourth-order valence-corrected chi connectivity index (χ4v) is 2.18. The molecule has 102 valence electrons. The molecule has 1 amide bonds. The molecule has 0 saturated heterocycles. The molecule has 2 rings (SSSR count). The van der Waals surface area contributed by atoms with Crippen LogP contribution in [0.3, 0.4) is 0 Å². The Morgan fingerprint density at radius 2 is 2.28 bits per heavy atom. The molecule has 1 aromatic heterocycles. The van der Waals surface area contributed by atoms with Crippen molar-refractivity contribution in [3.05, 3.63) is 18.0 Å². The number of nitrogens with one attached hydrogen (secondary N) is 1. The van der Waals surface area contributed by atoms with Crippen LogP contribution >= 0.6 is 12.4 Å². The van der Waals surface area contributed by atoms with Crippen molar-refractivity contribution in [3.8, 4) is 0 Å². The van der Waals surface area contributed by atoms with E-state index in [9.17, 15) is 4.79 Å². The minimum atomic E-state index is -0.283. The largest absolute Gasteiger partial charge is 0.341 e. The van der Waals surface area contributed by atoms with Crippen molar-refractivity contribution in [2.75, 3.05) is 14.1 Å². The van der Waals surface area contributed by atoms with Crippen LogP contribution in [-0.2, 0) is 11.8 Å². The zero-order chi connectivity index (χ0) is 12.4. The van der Waals surface area contributed by atoms with Crippen LogP contribution in [0.5, 0.6) is 0 Å². The fraction of sp³-hybridized carbons (Fsp3) is 0.667. The maximum absolute atomic E-state index is 12.3. The number of likely N-dealkylation sites (N-methyl/N-ethyl adjacent to an activating group) is 2. The van der Waals surface area contributed by atoms with E-state index in [0.29, 0.717) is 6.04 Å². The number of aromatic nitrogens is 2. The van der Waals surface area contributed by atoms with Crippen LogP contribution in [0.1, 0.15) is 30.9 Å². The molecule has 1 fully saturated rings. The van der Waals surface area contributed by atoms with Gasteiger partial charge in [0, 0.05) is 31.9 Å². The molecule has 1 N–H and O–H groups in total. The van der Waals surface area contributed by atoms with Crippen molar-refractivity contribution in [1.82, 2.24) is 20.0 Å². The number of hydrogen-bond acceptors (Lipinski definition) is 3. The second-order valence-electron chi connectivity index (χ2n) is 4.70. The average molecular weight is 273 g/mol. The summed E-state index contributed by atoms with van der Waals surface area (Å²) in [5, 5.41) is 7.18. The van der Waals surface area contributed by atoms with Crippen LogP contribution in [0.4, 0.5) is 0 Å². The zero-order valence-electron chi connectivity index (χ0n) is 11.1. The molecule has 0 aliphatic heterocycles. The Kier molecular flexibility index (Phi) is 5.16. The third-order valence-corrected chi connectivity index (χ3v) is 3.56. The van der Waals surface area contributed by atoms with E-state index < -0.39 is 0 Å². The lowest BCUT2D eigenvalue weighted by Gasteiger charge is -2.36. The molecule has 0 aromatic carbocycles. The Hall–Kier alpha value is -1.07. The smallest absolute Gasteiger partial charge is 0.244 e. The molecule has 18 heavy (non-hydrogen) atoms. The Labute approximate surface area is 114 Å². The van der Waals surface area contributed by atoms with Crippen LogP contribution in [0.2, 0.25) is 0 Å². The predicted molar refractivity (Wildman–Crippen MR) is 72.7 cm³/mol. The average Bonchev–Trinajstić information content (AvgIpc) is 2.63. The van der Waals surface area contributed by atoms with Gasteiger partial charge in [0.15, 0.2) is 0 Å². The highest BCUT2D eigenvalue weighted by atomic mass is 35.5. The molecule has 1 aliphatic carbocycles. The number of carbonyl (C=O) groups is 1. The third kappa shape index (κ3) is 2.84. The Balaban J connectivity index is 0.00000162. The number of halogens is 1. The van der Waals surface area contributed by atoms with Gasteiger partial charge in [0.25, 0.3) is 0 Å². The second kappa shape index (κ2) is 6.20. The summed E-state index contributed by atoms with van der Waals surface area (Å²) in [4.78, 5) is 14.2. The number of aryl methyl sites for hydroxylation is 1. The van der Waals surface area contributed by atoms with E-state index in [2.05, 4.69) is 10.4 Å². The number of hydrogen-bond donors (Lipinski definition) is 1. The molecule has 0 bridgehead atoms. The molecule has 0 spiro atoms. The number of carbonyl (C=O) groups excluding carboxylic acids is 1. The van der Waals surface area contributed by atoms with Gasteiger partial charge in [-0.2, -0.15) is 5.10 Å². The molecule has 1 aromatic rings. The van der Waals surface area contributed by atoms with Gasteiger partial charge in [-0.25, -0.2) is 0 Å². The summed E-state index contributed by atoms with van der Waals surface area (Å²) in [5.74, 6) is 0.130. The Morgan fingerprint density at radius 1 is 1.61 bits per heavy atom. The van der Waals surface area contributed by atoms with Gasteiger partial charge in [0.2, 0.25) is 5.91 Å². The first-order chi connectivity index (χ1) is 8.13. The van der Waals surface area contributed by atoms with E-state index >= 15 is 0 Å². The van der Waals surface area contributed by atoms with Crippen molar-refractivity contribution in [3.63, 3.8) is 0 Å². The van der Waals surface area contributed by atoms with Gasteiger partial charge in [0.05, 0.1) is 6.20 Å². The van der Waals surface area contributed by atoms with E-state index in [-0.39, 0.29) is 24.4 Å². The summed E-state index contributed by atoms with van der Waals surface area (Å²) in [5.41, 5.74) is 0.922. The molecule has 1 unspecified atom stereocenters. The van der Waals surface area contributed by atoms with Gasteiger partial charge < -0.3 is 10.2 Å². The van der Waals surface area contributed by atoms with Crippen molar-refractivity contribution in [1.29, 1.82) is 0 Å². The first-order valence-electron chi connectivity index (χ1n) is 6.06. The van der Waals surface area contributed by atoms with Gasteiger partial charge in [0.1, 0.15) is 6.04 Å². The van der Waals surface area contributed by atoms with Gasteiger partial charge >= 0.3 is 0 Å². The van der Waals surface area contributed by atoms with Crippen molar-refractivity contribution in [2.45, 2.75) is 31.3 Å². The highest BCUT2D eigenvalue weighted by molar-refractivity contribution is 5.85. The molecule has 0 radical (unpaired) electrons. The van der Waals surface area contributed by atoms with Crippen LogP contribution in [-0.4, -0.2) is 40.7 Å². The van der Waals surface area contributed by atoms with Gasteiger partial charge in [-0.05, 0) is 26.3 Å². The van der Waals surface area contributed by atoms with Crippen LogP contribution in [0, 0.1) is 0 Å². The molecule has 1 aliphatic rings. The molecule has 1 heterocycles. The lowest BCUT2D eigenvalue weighted by Crippen LogP contribution is -2.46. The summed E-state index contributed by atoms with van der Waals surface area (Å²) in [7, 11) is 5.56. The zero-order valence-corrected chi connectivity index (χ0v) is 11.9. The minimum absolute atomic E-state index is 0. The van der Waals surface area contributed by atoms with E-state index in [1.807, 2.05) is 32.2 Å². The summed E-state index contributed by atoms with van der Waals surface area (Å²) in [6, 6.07) is 0.143. The lowest BCUT2D eigenvalue weighted by molar-refractivity contribution is -0.135. The van der Waals surface area contributed by atoms with Crippen molar-refractivity contribution in [2.24, 2.45) is 7.05 Å². The van der Waals surface area contributed by atoms with Gasteiger partial charge in [-0.3, -0.25) is 9.48 Å². The monoisotopic (exact) mass is 272 g/mol. The quantitative estimate of drug-likeness (QED) is 0.893. The fourth-order valence-electron chi connectivity index (χ4n) is 2.18. The van der Waals surface area contributed by atoms with Crippen molar-refractivity contribution < 1.29 is 4.79 Å². The highest BCUT2D eigenvalue weighted by Gasteiger charge is 2.30. The van der Waals surface area contributed by atoms with Gasteiger partial charge in [-0.15, -0.1) is 12.4 Å². The first kappa shape index (κ1) is 15.0. The van der Waals surface area contributed by atoms with Crippen LogP contribution in [0.25, 0.3) is 0 Å². The maximum atomic E-state index is 12.3. The highest BCUT2D eigenvalue weighted by Crippen LogP contribution is 2.26. The standard InChI is InChI=1S/C12H20N4O.ClH/c1-13-11(9-7-14-15(2)8-9)12(17)16(3)10-5-4-6-10;/h7-8,10-11,13H,4-6H2,1-3H3;1H. The van der Waals surface area contributed by atoms with E-state index in [1.54, 1.807) is 10.9 Å². The van der Waals surface area contributed by atoms with E-state index in [4.69, 9.17) is 0 Å². The Bertz CT molecular complexity index is 403. The number of rotatable bonds is 4. The molecule has 5 nitrogen and oxygen atoms in total. The molecular formula is C12H21ClN4O. The minimum Gasteiger partial charge on any atom is -0.341 e. The molecular weight excluding hydrogens is 252 g/mol. The van der Waals surface area contributed by atoms with Gasteiger partial charge in [-0.1, -0.05) is 0 Å². The summed E-state index contributed by atoms with van der Waals surface area (Å²) < 4.78 is 1.72. The summed E-state index contributed by atoms with van der Waals surface area (Å²) in [6.07, 6.45) is 7.12. The van der Waals surface area contributed by atoms with Crippen LogP contribution in [0.15, 0.2) is 12.4 Å². The van der Waals surface area contributed by atoms with Crippen LogP contribution < -0.4 is 5.32 Å². The maximum Gasteiger partial charge on any atom is 0.244 e. The number of amides is 1. The van der Waals surface area contributed by atoms with E-state index in [1.165, 1.54) is 6.42 Å².